The van der Waals surface area contributed by atoms with Crippen LogP contribution < -0.4 is 4.72 Å². The molecule has 0 fully saturated rings. The van der Waals surface area contributed by atoms with E-state index in [-0.39, 0.29) is 11.2 Å². The largest absolute Gasteiger partial charge is 0.283 e. The van der Waals surface area contributed by atoms with Crippen molar-refractivity contribution < 1.29 is 8.42 Å². The van der Waals surface area contributed by atoms with E-state index in [1.165, 1.54) is 5.56 Å². The number of benzene rings is 1. The van der Waals surface area contributed by atoms with E-state index in [2.05, 4.69) is 25.5 Å². The predicted octanol–water partition coefficient (Wildman–Crippen LogP) is 3.05. The monoisotopic (exact) mass is 255 g/mol. The second-order valence-corrected chi connectivity index (χ2v) is 7.30. The first kappa shape index (κ1) is 14.0. The number of rotatable bonds is 3. The minimum Gasteiger partial charge on any atom is -0.283 e. The summed E-state index contributed by atoms with van der Waals surface area (Å²) in [6.07, 6.45) is 0. The Morgan fingerprint density at radius 3 is 2.24 bits per heavy atom. The lowest BCUT2D eigenvalue weighted by molar-refractivity contribution is 0.590. The molecule has 0 radical (unpaired) electrons. The van der Waals surface area contributed by atoms with Gasteiger partial charge in [0.1, 0.15) is 0 Å². The van der Waals surface area contributed by atoms with E-state index in [0.29, 0.717) is 5.69 Å². The average Bonchev–Trinajstić information content (AvgIpc) is 2.19. The molecule has 0 heterocycles. The zero-order valence-corrected chi connectivity index (χ0v) is 12.0. The third-order valence-corrected chi connectivity index (χ3v) is 4.03. The van der Waals surface area contributed by atoms with E-state index < -0.39 is 10.0 Å². The number of hydrogen-bond acceptors (Lipinski definition) is 2. The predicted molar refractivity (Wildman–Crippen MR) is 73.0 cm³/mol. The summed E-state index contributed by atoms with van der Waals surface area (Å²) >= 11 is 0. The van der Waals surface area contributed by atoms with Crippen LogP contribution in [0.1, 0.15) is 38.8 Å². The number of sulfonamides is 1. The first-order valence-electron chi connectivity index (χ1n) is 5.77. The molecule has 1 rings (SSSR count). The fourth-order valence-corrected chi connectivity index (χ4v) is 2.19. The highest BCUT2D eigenvalue weighted by Gasteiger charge is 2.15. The molecule has 0 saturated heterocycles. The maximum Gasteiger partial charge on any atom is 0.232 e. The standard InChI is InChI=1S/C13H21NO2S/c1-6-17(15,16)14-12-8-7-11(9-10(12)2)13(3,4)5/h7-9,14H,6H2,1-5H3. The number of nitrogens with one attached hydrogen (secondary N) is 1. The Labute approximate surface area is 104 Å². The van der Waals surface area contributed by atoms with Crippen LogP contribution in [0.2, 0.25) is 0 Å². The number of hydrogen-bond donors (Lipinski definition) is 1. The molecule has 96 valence electrons. The molecule has 0 amide bonds. The third kappa shape index (κ3) is 3.73. The van der Waals surface area contributed by atoms with Gasteiger partial charge in [-0.05, 0) is 36.5 Å². The minimum atomic E-state index is -3.19. The van der Waals surface area contributed by atoms with Gasteiger partial charge in [0, 0.05) is 0 Å². The van der Waals surface area contributed by atoms with Gasteiger partial charge in [0.2, 0.25) is 10.0 Å². The fourth-order valence-electron chi connectivity index (χ4n) is 1.48. The molecule has 1 N–H and O–H groups in total. The minimum absolute atomic E-state index is 0.0763. The Morgan fingerprint density at radius 1 is 1.24 bits per heavy atom. The summed E-state index contributed by atoms with van der Waals surface area (Å²) in [5, 5.41) is 0. The topological polar surface area (TPSA) is 46.2 Å². The summed E-state index contributed by atoms with van der Waals surface area (Å²) in [4.78, 5) is 0. The van der Waals surface area contributed by atoms with Gasteiger partial charge in [-0.2, -0.15) is 0 Å². The summed E-state index contributed by atoms with van der Waals surface area (Å²) in [6, 6.07) is 5.84. The van der Waals surface area contributed by atoms with Gasteiger partial charge in [0.25, 0.3) is 0 Å². The van der Waals surface area contributed by atoms with Crippen LogP contribution in [0.15, 0.2) is 18.2 Å². The van der Waals surface area contributed by atoms with Gasteiger partial charge in [-0.1, -0.05) is 32.9 Å². The summed E-state index contributed by atoms with van der Waals surface area (Å²) < 4.78 is 25.6. The van der Waals surface area contributed by atoms with E-state index >= 15 is 0 Å². The van der Waals surface area contributed by atoms with Gasteiger partial charge in [-0.3, -0.25) is 4.72 Å². The second kappa shape index (κ2) is 4.69. The molecule has 3 nitrogen and oxygen atoms in total. The van der Waals surface area contributed by atoms with Crippen molar-refractivity contribution >= 4 is 15.7 Å². The molecule has 4 heteroatoms. The van der Waals surface area contributed by atoms with Crippen LogP contribution >= 0.6 is 0 Å². The first-order valence-corrected chi connectivity index (χ1v) is 7.42. The van der Waals surface area contributed by atoms with Gasteiger partial charge >= 0.3 is 0 Å². The molecule has 0 atom stereocenters. The van der Waals surface area contributed by atoms with Crippen molar-refractivity contribution in [1.29, 1.82) is 0 Å². The Hall–Kier alpha value is -1.03. The molecule has 0 unspecified atom stereocenters. The van der Waals surface area contributed by atoms with Crippen molar-refractivity contribution in [3.63, 3.8) is 0 Å². The van der Waals surface area contributed by atoms with Crippen LogP contribution in [0.25, 0.3) is 0 Å². The molecule has 1 aromatic carbocycles. The molecular weight excluding hydrogens is 234 g/mol. The van der Waals surface area contributed by atoms with E-state index in [1.807, 2.05) is 25.1 Å². The van der Waals surface area contributed by atoms with Gasteiger partial charge in [-0.25, -0.2) is 8.42 Å². The highest BCUT2D eigenvalue weighted by Crippen LogP contribution is 2.26. The number of anilines is 1. The Kier molecular flexibility index (Phi) is 3.87. The molecule has 1 aromatic rings. The molecule has 0 aliphatic rings. The van der Waals surface area contributed by atoms with Crippen molar-refractivity contribution in [2.24, 2.45) is 0 Å². The van der Waals surface area contributed by atoms with Crippen LogP contribution in [0, 0.1) is 6.92 Å². The van der Waals surface area contributed by atoms with Crippen molar-refractivity contribution in [3.05, 3.63) is 29.3 Å². The molecule has 0 saturated carbocycles. The van der Waals surface area contributed by atoms with Gasteiger partial charge < -0.3 is 0 Å². The summed E-state index contributed by atoms with van der Waals surface area (Å²) in [5.74, 6) is 0.0907. The van der Waals surface area contributed by atoms with Crippen LogP contribution in [-0.4, -0.2) is 14.2 Å². The van der Waals surface area contributed by atoms with Crippen molar-refractivity contribution in [1.82, 2.24) is 0 Å². The van der Waals surface area contributed by atoms with Crippen LogP contribution in [0.3, 0.4) is 0 Å². The average molecular weight is 255 g/mol. The lowest BCUT2D eigenvalue weighted by Crippen LogP contribution is -2.16. The molecule has 0 aliphatic carbocycles. The smallest absolute Gasteiger partial charge is 0.232 e. The molecule has 0 aromatic heterocycles. The quantitative estimate of drug-likeness (QED) is 0.902. The SMILES string of the molecule is CCS(=O)(=O)Nc1ccc(C(C)(C)C)cc1C. The van der Waals surface area contributed by atoms with Gasteiger partial charge in [-0.15, -0.1) is 0 Å². The Bertz CT molecular complexity index is 499. The summed E-state index contributed by atoms with van der Waals surface area (Å²) in [6.45, 7) is 9.96. The first-order chi connectivity index (χ1) is 7.65. The van der Waals surface area contributed by atoms with E-state index in [9.17, 15) is 8.42 Å². The van der Waals surface area contributed by atoms with Gasteiger partial charge in [0.05, 0.1) is 11.4 Å². The van der Waals surface area contributed by atoms with Crippen molar-refractivity contribution in [2.45, 2.75) is 40.0 Å². The summed E-state index contributed by atoms with van der Waals surface area (Å²) in [5.41, 5.74) is 2.90. The molecule has 17 heavy (non-hydrogen) atoms. The molecular formula is C13H21NO2S. The highest BCUT2D eigenvalue weighted by atomic mass is 32.2. The van der Waals surface area contributed by atoms with Crippen molar-refractivity contribution in [2.75, 3.05) is 10.5 Å². The fraction of sp³-hybridized carbons (Fsp3) is 0.538. The van der Waals surface area contributed by atoms with E-state index in [1.54, 1.807) is 6.92 Å². The van der Waals surface area contributed by atoms with Gasteiger partial charge in [0.15, 0.2) is 0 Å². The van der Waals surface area contributed by atoms with E-state index in [0.717, 1.165) is 5.56 Å². The van der Waals surface area contributed by atoms with Crippen LogP contribution in [0.4, 0.5) is 5.69 Å². The highest BCUT2D eigenvalue weighted by molar-refractivity contribution is 7.92. The maximum atomic E-state index is 11.5. The second-order valence-electron chi connectivity index (χ2n) is 5.29. The summed E-state index contributed by atoms with van der Waals surface area (Å²) in [7, 11) is -3.19. The zero-order valence-electron chi connectivity index (χ0n) is 11.2. The lowest BCUT2D eigenvalue weighted by Gasteiger charge is -2.20. The maximum absolute atomic E-state index is 11.5. The van der Waals surface area contributed by atoms with Crippen LogP contribution in [0.5, 0.6) is 0 Å². The van der Waals surface area contributed by atoms with E-state index in [4.69, 9.17) is 0 Å². The normalized spacial score (nSPS) is 12.5. The Morgan fingerprint density at radius 2 is 1.82 bits per heavy atom. The van der Waals surface area contributed by atoms with Crippen LogP contribution in [-0.2, 0) is 15.4 Å². The lowest BCUT2D eigenvalue weighted by atomic mass is 9.86. The number of aryl methyl sites for hydroxylation is 1. The van der Waals surface area contributed by atoms with Crippen molar-refractivity contribution in [3.8, 4) is 0 Å². The molecule has 0 aliphatic heterocycles. The molecule has 0 bridgehead atoms. The third-order valence-electron chi connectivity index (χ3n) is 2.74. The molecule has 0 spiro atoms. The Balaban J connectivity index is 3.07. The zero-order chi connectivity index (χ0) is 13.3.